The molecule has 24 heavy (non-hydrogen) atoms. The second-order valence-electron chi connectivity index (χ2n) is 5.10. The van der Waals surface area contributed by atoms with E-state index >= 15 is 0 Å². The molecule has 0 saturated carbocycles. The summed E-state index contributed by atoms with van der Waals surface area (Å²) in [5.41, 5.74) is 2.33. The van der Waals surface area contributed by atoms with E-state index in [-0.39, 0.29) is 5.57 Å². The summed E-state index contributed by atoms with van der Waals surface area (Å²) in [6.07, 6.45) is 1.49. The lowest BCUT2D eigenvalue weighted by Crippen LogP contribution is -2.13. The van der Waals surface area contributed by atoms with E-state index in [1.807, 2.05) is 25.1 Å². The summed E-state index contributed by atoms with van der Waals surface area (Å²) in [7, 11) is 3.07. The smallest absolute Gasteiger partial charge is 0.266 e. The minimum Gasteiger partial charge on any atom is -0.497 e. The summed E-state index contributed by atoms with van der Waals surface area (Å²) < 4.78 is 10.4. The molecule has 0 fully saturated rings. The largest absolute Gasteiger partial charge is 0.497 e. The third kappa shape index (κ3) is 4.14. The summed E-state index contributed by atoms with van der Waals surface area (Å²) >= 11 is 0. The van der Waals surface area contributed by atoms with Crippen LogP contribution in [0, 0.1) is 18.3 Å². The molecule has 5 heteroatoms. The van der Waals surface area contributed by atoms with Gasteiger partial charge in [-0.05, 0) is 37.3 Å². The maximum absolute atomic E-state index is 12.3. The highest BCUT2D eigenvalue weighted by Crippen LogP contribution is 2.26. The zero-order valence-corrected chi connectivity index (χ0v) is 13.8. The van der Waals surface area contributed by atoms with E-state index in [1.165, 1.54) is 13.2 Å². The molecule has 5 nitrogen and oxygen atoms in total. The van der Waals surface area contributed by atoms with Crippen LogP contribution < -0.4 is 14.8 Å². The summed E-state index contributed by atoms with van der Waals surface area (Å²) in [6, 6.07) is 14.4. The van der Waals surface area contributed by atoms with Gasteiger partial charge in [-0.15, -0.1) is 0 Å². The van der Waals surface area contributed by atoms with Crippen molar-refractivity contribution >= 4 is 17.7 Å². The van der Waals surface area contributed by atoms with Crippen LogP contribution in [0.2, 0.25) is 0 Å². The van der Waals surface area contributed by atoms with Gasteiger partial charge in [0, 0.05) is 17.3 Å². The standard InChI is InChI=1S/C19H18N2O3/c1-13-4-7-16(8-5-13)21-19(22)15(12-20)10-14-6-9-17(23-2)11-18(14)24-3/h4-11H,1-3H3,(H,21,22)/b15-10+. The molecule has 0 unspecified atom stereocenters. The Morgan fingerprint density at radius 1 is 1.12 bits per heavy atom. The van der Waals surface area contributed by atoms with Crippen LogP contribution in [0.1, 0.15) is 11.1 Å². The van der Waals surface area contributed by atoms with Gasteiger partial charge in [0.25, 0.3) is 5.91 Å². The molecule has 0 heterocycles. The van der Waals surface area contributed by atoms with Gasteiger partial charge in [0.2, 0.25) is 0 Å². The number of carbonyl (C=O) groups is 1. The predicted octanol–water partition coefficient (Wildman–Crippen LogP) is 3.56. The number of aryl methyl sites for hydroxylation is 1. The Bertz CT molecular complexity index is 802. The number of ether oxygens (including phenoxy) is 2. The average Bonchev–Trinajstić information content (AvgIpc) is 2.61. The van der Waals surface area contributed by atoms with E-state index in [2.05, 4.69) is 5.32 Å². The molecular formula is C19H18N2O3. The Labute approximate surface area is 141 Å². The fraction of sp³-hybridized carbons (Fsp3) is 0.158. The van der Waals surface area contributed by atoms with Crippen LogP contribution in [0.15, 0.2) is 48.0 Å². The molecule has 0 aliphatic carbocycles. The molecule has 0 spiro atoms. The minimum atomic E-state index is -0.473. The Morgan fingerprint density at radius 2 is 1.83 bits per heavy atom. The Balaban J connectivity index is 2.27. The lowest BCUT2D eigenvalue weighted by molar-refractivity contribution is -0.112. The van der Waals surface area contributed by atoms with Crippen LogP contribution in [0.3, 0.4) is 0 Å². The average molecular weight is 322 g/mol. The van der Waals surface area contributed by atoms with Crippen molar-refractivity contribution in [3.05, 3.63) is 59.2 Å². The van der Waals surface area contributed by atoms with Gasteiger partial charge in [0.15, 0.2) is 0 Å². The lowest BCUT2D eigenvalue weighted by Gasteiger charge is -2.08. The molecule has 0 bridgehead atoms. The third-order valence-electron chi connectivity index (χ3n) is 3.41. The molecule has 1 N–H and O–H groups in total. The topological polar surface area (TPSA) is 71.3 Å². The SMILES string of the molecule is COc1ccc(/C=C(\C#N)C(=O)Nc2ccc(C)cc2)c(OC)c1. The van der Waals surface area contributed by atoms with Gasteiger partial charge in [0.1, 0.15) is 23.1 Å². The van der Waals surface area contributed by atoms with Gasteiger partial charge in [-0.3, -0.25) is 4.79 Å². The number of benzene rings is 2. The van der Waals surface area contributed by atoms with Crippen molar-refractivity contribution in [2.75, 3.05) is 19.5 Å². The molecular weight excluding hydrogens is 304 g/mol. The maximum atomic E-state index is 12.3. The van der Waals surface area contributed by atoms with Crippen molar-refractivity contribution in [1.82, 2.24) is 0 Å². The number of carbonyl (C=O) groups excluding carboxylic acids is 1. The Morgan fingerprint density at radius 3 is 2.42 bits per heavy atom. The Kier molecular flexibility index (Phi) is 5.58. The molecule has 1 amide bonds. The van der Waals surface area contributed by atoms with E-state index in [0.29, 0.717) is 22.7 Å². The van der Waals surface area contributed by atoms with Crippen molar-refractivity contribution in [2.24, 2.45) is 0 Å². The van der Waals surface area contributed by atoms with Crippen LogP contribution in [-0.4, -0.2) is 20.1 Å². The van der Waals surface area contributed by atoms with Gasteiger partial charge in [-0.25, -0.2) is 0 Å². The number of rotatable bonds is 5. The first kappa shape index (κ1) is 17.1. The molecule has 2 aromatic rings. The maximum Gasteiger partial charge on any atom is 0.266 e. The number of anilines is 1. The molecule has 2 aromatic carbocycles. The van der Waals surface area contributed by atoms with Crippen molar-refractivity contribution in [3.63, 3.8) is 0 Å². The molecule has 0 radical (unpaired) electrons. The molecule has 2 rings (SSSR count). The van der Waals surface area contributed by atoms with Crippen LogP contribution in [0.5, 0.6) is 11.5 Å². The van der Waals surface area contributed by atoms with Gasteiger partial charge in [0.05, 0.1) is 14.2 Å². The summed E-state index contributed by atoms with van der Waals surface area (Å²) in [5, 5.41) is 12.0. The molecule has 0 aliphatic heterocycles. The van der Waals surface area contributed by atoms with Crippen molar-refractivity contribution in [3.8, 4) is 17.6 Å². The van der Waals surface area contributed by atoms with Crippen LogP contribution in [0.4, 0.5) is 5.69 Å². The van der Waals surface area contributed by atoms with E-state index in [9.17, 15) is 10.1 Å². The molecule has 0 atom stereocenters. The summed E-state index contributed by atoms with van der Waals surface area (Å²) in [6.45, 7) is 1.96. The highest BCUT2D eigenvalue weighted by Gasteiger charge is 2.11. The van der Waals surface area contributed by atoms with Gasteiger partial charge < -0.3 is 14.8 Å². The number of hydrogen-bond donors (Lipinski definition) is 1. The predicted molar refractivity (Wildman–Crippen MR) is 92.9 cm³/mol. The second-order valence-corrected chi connectivity index (χ2v) is 5.10. The monoisotopic (exact) mass is 322 g/mol. The van der Waals surface area contributed by atoms with Crippen LogP contribution in [0.25, 0.3) is 6.08 Å². The first-order valence-electron chi connectivity index (χ1n) is 7.29. The minimum absolute atomic E-state index is 0.0148. The van der Waals surface area contributed by atoms with E-state index in [1.54, 1.807) is 37.4 Å². The molecule has 0 aliphatic rings. The van der Waals surface area contributed by atoms with Crippen LogP contribution in [-0.2, 0) is 4.79 Å². The first-order valence-corrected chi connectivity index (χ1v) is 7.29. The molecule has 0 saturated heterocycles. The van der Waals surface area contributed by atoms with E-state index in [0.717, 1.165) is 5.56 Å². The number of nitrogens with zero attached hydrogens (tertiary/aromatic N) is 1. The Hall–Kier alpha value is -3.26. The fourth-order valence-electron chi connectivity index (χ4n) is 2.08. The number of nitriles is 1. The van der Waals surface area contributed by atoms with Gasteiger partial charge in [-0.1, -0.05) is 17.7 Å². The van der Waals surface area contributed by atoms with E-state index in [4.69, 9.17) is 9.47 Å². The number of methoxy groups -OCH3 is 2. The van der Waals surface area contributed by atoms with Crippen molar-refractivity contribution in [2.45, 2.75) is 6.92 Å². The van der Waals surface area contributed by atoms with Crippen molar-refractivity contribution in [1.29, 1.82) is 5.26 Å². The normalized spacial score (nSPS) is 10.7. The van der Waals surface area contributed by atoms with Crippen molar-refractivity contribution < 1.29 is 14.3 Å². The van der Waals surface area contributed by atoms with Gasteiger partial charge >= 0.3 is 0 Å². The summed E-state index contributed by atoms with van der Waals surface area (Å²) in [4.78, 5) is 12.3. The quantitative estimate of drug-likeness (QED) is 0.675. The first-order chi connectivity index (χ1) is 11.6. The zero-order valence-electron chi connectivity index (χ0n) is 13.8. The number of hydrogen-bond acceptors (Lipinski definition) is 4. The molecule has 122 valence electrons. The zero-order chi connectivity index (χ0) is 17.5. The summed E-state index contributed by atoms with van der Waals surface area (Å²) in [5.74, 6) is 0.677. The number of nitrogens with one attached hydrogen (secondary N) is 1. The van der Waals surface area contributed by atoms with Crippen LogP contribution >= 0.6 is 0 Å². The highest BCUT2D eigenvalue weighted by atomic mass is 16.5. The highest BCUT2D eigenvalue weighted by molar-refractivity contribution is 6.09. The molecule has 0 aromatic heterocycles. The van der Waals surface area contributed by atoms with Gasteiger partial charge in [-0.2, -0.15) is 5.26 Å². The lowest BCUT2D eigenvalue weighted by atomic mass is 10.1. The fourth-order valence-corrected chi connectivity index (χ4v) is 2.08. The van der Waals surface area contributed by atoms with E-state index < -0.39 is 5.91 Å². The second kappa shape index (κ2) is 7.84. The third-order valence-corrected chi connectivity index (χ3v) is 3.41. The number of amides is 1.